The van der Waals surface area contributed by atoms with Crippen LogP contribution in [0.4, 0.5) is 0 Å². The molecule has 3 rings (SSSR count). The van der Waals surface area contributed by atoms with Gasteiger partial charge in [0.15, 0.2) is 0 Å². The minimum Gasteiger partial charge on any atom is -0.465 e. The van der Waals surface area contributed by atoms with Gasteiger partial charge in [0.05, 0.1) is 10.3 Å². The summed E-state index contributed by atoms with van der Waals surface area (Å²) >= 11 is 3.70. The lowest BCUT2D eigenvalue weighted by Crippen LogP contribution is -1.97. The Bertz CT molecular complexity index is 720. The number of benzene rings is 1. The summed E-state index contributed by atoms with van der Waals surface area (Å²) < 4.78 is 5.78. The Kier molecular flexibility index (Phi) is 3.88. The molecule has 1 unspecified atom stereocenters. The molecule has 2 nitrogen and oxygen atoms in total. The van der Waals surface area contributed by atoms with Crippen LogP contribution in [0.3, 0.4) is 0 Å². The van der Waals surface area contributed by atoms with Crippen LogP contribution >= 0.6 is 15.9 Å². The van der Waals surface area contributed by atoms with Gasteiger partial charge in [-0.15, -0.1) is 0 Å². The zero-order valence-electron chi connectivity index (χ0n) is 11.3. The van der Waals surface area contributed by atoms with E-state index in [9.17, 15) is 0 Å². The van der Waals surface area contributed by atoms with E-state index in [0.717, 1.165) is 35.6 Å². The molecule has 3 aromatic rings. The predicted octanol–water partition coefficient (Wildman–Crippen LogP) is 5.07. The van der Waals surface area contributed by atoms with Crippen molar-refractivity contribution >= 4 is 26.8 Å². The van der Waals surface area contributed by atoms with Crippen LogP contribution < -0.4 is 0 Å². The van der Waals surface area contributed by atoms with Crippen molar-refractivity contribution in [3.05, 3.63) is 65.7 Å². The van der Waals surface area contributed by atoms with E-state index in [2.05, 4.69) is 41.1 Å². The second kappa shape index (κ2) is 5.80. The quantitative estimate of drug-likeness (QED) is 0.624. The number of fused-ring (bicyclic) bond motifs is 1. The summed E-state index contributed by atoms with van der Waals surface area (Å²) in [5.74, 6) is 1.99. The number of pyridine rings is 1. The lowest BCUT2D eigenvalue weighted by Gasteiger charge is -2.07. The van der Waals surface area contributed by atoms with Crippen LogP contribution in [0.2, 0.25) is 0 Å². The van der Waals surface area contributed by atoms with Gasteiger partial charge in [-0.2, -0.15) is 0 Å². The normalized spacial score (nSPS) is 12.7. The van der Waals surface area contributed by atoms with Crippen molar-refractivity contribution in [2.75, 3.05) is 0 Å². The van der Waals surface area contributed by atoms with Gasteiger partial charge in [-0.1, -0.05) is 47.1 Å². The van der Waals surface area contributed by atoms with E-state index in [4.69, 9.17) is 9.40 Å². The molecule has 2 heterocycles. The molecule has 3 heteroatoms. The van der Waals surface area contributed by atoms with Gasteiger partial charge in [0.1, 0.15) is 11.5 Å². The van der Waals surface area contributed by atoms with Gasteiger partial charge in [-0.3, -0.25) is 4.98 Å². The second-order valence-corrected chi connectivity index (χ2v) is 5.93. The molecule has 0 N–H and O–H groups in total. The van der Waals surface area contributed by atoms with Crippen molar-refractivity contribution in [1.29, 1.82) is 0 Å². The monoisotopic (exact) mass is 329 g/mol. The highest BCUT2D eigenvalue weighted by atomic mass is 79.9. The lowest BCUT2D eigenvalue weighted by atomic mass is 10.1. The maximum absolute atomic E-state index is 5.78. The number of rotatable bonds is 4. The number of para-hydroxylation sites is 1. The van der Waals surface area contributed by atoms with Crippen LogP contribution in [0.15, 0.2) is 52.9 Å². The van der Waals surface area contributed by atoms with Gasteiger partial charge in [0.25, 0.3) is 0 Å². The zero-order chi connectivity index (χ0) is 13.9. The van der Waals surface area contributed by atoms with Crippen LogP contribution in [0, 0.1) is 0 Å². The van der Waals surface area contributed by atoms with Gasteiger partial charge < -0.3 is 4.42 Å². The molecule has 0 saturated heterocycles. The van der Waals surface area contributed by atoms with Crippen LogP contribution in [0.25, 0.3) is 10.9 Å². The van der Waals surface area contributed by atoms with E-state index in [1.165, 1.54) is 5.39 Å². The minimum atomic E-state index is 0.163. The highest BCUT2D eigenvalue weighted by Gasteiger charge is 2.13. The summed E-state index contributed by atoms with van der Waals surface area (Å²) in [6.45, 7) is 2.09. The first-order valence-electron chi connectivity index (χ1n) is 6.83. The van der Waals surface area contributed by atoms with Gasteiger partial charge in [0.2, 0.25) is 0 Å². The first kappa shape index (κ1) is 13.4. The van der Waals surface area contributed by atoms with Crippen molar-refractivity contribution in [2.24, 2.45) is 0 Å². The molecule has 20 heavy (non-hydrogen) atoms. The molecule has 0 spiro atoms. The molecule has 0 aliphatic carbocycles. The molecule has 1 atom stereocenters. The summed E-state index contributed by atoms with van der Waals surface area (Å²) in [5.41, 5.74) is 2.11. The summed E-state index contributed by atoms with van der Waals surface area (Å²) in [4.78, 5) is 4.86. The first-order chi connectivity index (χ1) is 9.76. The minimum absolute atomic E-state index is 0.163. The van der Waals surface area contributed by atoms with Crippen LogP contribution in [0.1, 0.15) is 29.0 Å². The number of hydrogen-bond donors (Lipinski definition) is 0. The highest BCUT2D eigenvalue weighted by molar-refractivity contribution is 9.09. The molecule has 0 saturated carbocycles. The summed E-state index contributed by atoms with van der Waals surface area (Å²) in [7, 11) is 0. The topological polar surface area (TPSA) is 26.0 Å². The van der Waals surface area contributed by atoms with Gasteiger partial charge in [-0.05, 0) is 24.3 Å². The molecular weight excluding hydrogens is 314 g/mol. The van der Waals surface area contributed by atoms with E-state index >= 15 is 0 Å². The maximum atomic E-state index is 5.78. The third kappa shape index (κ3) is 2.78. The van der Waals surface area contributed by atoms with Crippen LogP contribution in [-0.4, -0.2) is 4.98 Å². The average Bonchev–Trinajstić information content (AvgIpc) is 2.96. The smallest absolute Gasteiger partial charge is 0.118 e. The van der Waals surface area contributed by atoms with E-state index in [0.29, 0.717) is 0 Å². The Hall–Kier alpha value is -1.61. The lowest BCUT2D eigenvalue weighted by molar-refractivity contribution is 0.467. The Morgan fingerprint density at radius 2 is 1.95 bits per heavy atom. The van der Waals surface area contributed by atoms with Crippen molar-refractivity contribution in [3.63, 3.8) is 0 Å². The third-order valence-electron chi connectivity index (χ3n) is 3.38. The number of nitrogens with zero attached hydrogens (tertiary/aromatic N) is 1. The van der Waals surface area contributed by atoms with Crippen molar-refractivity contribution in [1.82, 2.24) is 4.98 Å². The summed E-state index contributed by atoms with van der Waals surface area (Å²) in [5, 5.41) is 1.17. The fourth-order valence-electron chi connectivity index (χ4n) is 2.26. The van der Waals surface area contributed by atoms with Crippen molar-refractivity contribution < 1.29 is 4.42 Å². The fourth-order valence-corrected chi connectivity index (χ4v) is 2.84. The zero-order valence-corrected chi connectivity index (χ0v) is 12.9. The molecule has 0 aliphatic rings. The summed E-state index contributed by atoms with van der Waals surface area (Å²) in [6.07, 6.45) is 1.75. The van der Waals surface area contributed by atoms with Crippen LogP contribution in [-0.2, 0) is 12.8 Å². The number of hydrogen-bond acceptors (Lipinski definition) is 2. The second-order valence-electron chi connectivity index (χ2n) is 4.82. The predicted molar refractivity (Wildman–Crippen MR) is 85.2 cm³/mol. The number of halogens is 1. The van der Waals surface area contributed by atoms with Crippen LogP contribution in [0.5, 0.6) is 0 Å². The molecule has 2 aromatic heterocycles. The molecule has 102 valence electrons. The van der Waals surface area contributed by atoms with E-state index in [-0.39, 0.29) is 4.83 Å². The Morgan fingerprint density at radius 3 is 2.75 bits per heavy atom. The molecule has 1 aromatic carbocycles. The number of alkyl halides is 1. The number of aryl methyl sites for hydroxylation is 1. The summed E-state index contributed by atoms with van der Waals surface area (Å²) in [6, 6.07) is 16.5. The maximum Gasteiger partial charge on any atom is 0.118 e. The average molecular weight is 330 g/mol. The molecule has 0 aliphatic heterocycles. The number of aromatic nitrogens is 1. The highest BCUT2D eigenvalue weighted by Crippen LogP contribution is 2.28. The molecule has 0 fully saturated rings. The molecule has 0 bridgehead atoms. The fraction of sp³-hybridized carbons (Fsp3) is 0.235. The largest absolute Gasteiger partial charge is 0.465 e. The Labute approximate surface area is 127 Å². The van der Waals surface area contributed by atoms with Crippen molar-refractivity contribution in [2.45, 2.75) is 24.6 Å². The molecular formula is C17H16BrNO. The van der Waals surface area contributed by atoms with Gasteiger partial charge in [0, 0.05) is 23.9 Å². The molecule has 0 radical (unpaired) electrons. The third-order valence-corrected chi connectivity index (χ3v) is 4.16. The Balaban J connectivity index is 1.81. The first-order valence-corrected chi connectivity index (χ1v) is 7.75. The van der Waals surface area contributed by atoms with E-state index in [1.54, 1.807) is 0 Å². The van der Waals surface area contributed by atoms with Gasteiger partial charge >= 0.3 is 0 Å². The number of furan rings is 1. The van der Waals surface area contributed by atoms with E-state index < -0.39 is 0 Å². The SMILES string of the molecule is CCc1ccc(C(Br)Cc2ccc3ccccc3n2)o1. The van der Waals surface area contributed by atoms with Gasteiger partial charge in [-0.25, -0.2) is 0 Å². The van der Waals surface area contributed by atoms with E-state index in [1.807, 2.05) is 30.3 Å². The molecule has 0 amide bonds. The van der Waals surface area contributed by atoms with Crippen molar-refractivity contribution in [3.8, 4) is 0 Å². The Morgan fingerprint density at radius 1 is 1.10 bits per heavy atom. The standard InChI is InChI=1S/C17H16BrNO/c1-2-14-9-10-17(20-14)15(18)11-13-8-7-12-5-3-4-6-16(12)19-13/h3-10,15H,2,11H2,1H3.